The van der Waals surface area contributed by atoms with Gasteiger partial charge in [-0.2, -0.15) is 5.26 Å². The van der Waals surface area contributed by atoms with Crippen molar-refractivity contribution >= 4 is 21.9 Å². The number of rotatable bonds is 5. The molecule has 2 heterocycles. The number of nitriles is 1. The minimum atomic E-state index is 0.341. The lowest BCUT2D eigenvalue weighted by atomic mass is 9.72. The highest BCUT2D eigenvalue weighted by Gasteiger charge is 2.65. The third-order valence-electron chi connectivity index (χ3n) is 12.2. The van der Waals surface area contributed by atoms with Crippen molar-refractivity contribution in [2.24, 2.45) is 17.3 Å². The molecule has 49 heavy (non-hydrogen) atoms. The molecule has 5 aromatic carbocycles. The minimum Gasteiger partial charge on any atom is -0.456 e. The van der Waals surface area contributed by atoms with Crippen LogP contribution in [0.4, 0.5) is 0 Å². The minimum absolute atomic E-state index is 0.341. The van der Waals surface area contributed by atoms with Gasteiger partial charge in [0, 0.05) is 27.5 Å². The van der Waals surface area contributed by atoms with E-state index in [1.54, 1.807) is 12.1 Å². The Labute approximate surface area is 285 Å². The summed E-state index contributed by atoms with van der Waals surface area (Å²) < 4.78 is 6.52. The van der Waals surface area contributed by atoms with E-state index in [9.17, 15) is 5.26 Å². The summed E-state index contributed by atoms with van der Waals surface area (Å²) in [6, 6.07) is 41.6. The van der Waals surface area contributed by atoms with Gasteiger partial charge in [-0.25, -0.2) is 15.0 Å². The van der Waals surface area contributed by atoms with Gasteiger partial charge in [0.25, 0.3) is 0 Å². The lowest BCUT2D eigenvalue weighted by molar-refractivity contribution is 0.195. The molecule has 3 aliphatic carbocycles. The summed E-state index contributed by atoms with van der Waals surface area (Å²) >= 11 is 0. The molecule has 2 bridgehead atoms. The Hall–Kier alpha value is -5.60. The highest BCUT2D eigenvalue weighted by atomic mass is 16.3. The van der Waals surface area contributed by atoms with Crippen LogP contribution in [0.15, 0.2) is 120 Å². The molecule has 3 fully saturated rings. The highest BCUT2D eigenvalue weighted by Crippen LogP contribution is 2.72. The number of nitrogens with zero attached hydrogens (tertiary/aromatic N) is 4. The summed E-state index contributed by atoms with van der Waals surface area (Å²) in [4.78, 5) is 15.1. The van der Waals surface area contributed by atoms with Gasteiger partial charge in [-0.1, -0.05) is 79.7 Å². The first kappa shape index (κ1) is 28.4. The van der Waals surface area contributed by atoms with E-state index in [1.165, 1.54) is 37.7 Å². The second-order valence-corrected chi connectivity index (χ2v) is 14.8. The molecule has 2 aromatic heterocycles. The van der Waals surface area contributed by atoms with E-state index < -0.39 is 0 Å². The maximum atomic E-state index is 9.40. The van der Waals surface area contributed by atoms with Gasteiger partial charge in [-0.05, 0) is 114 Å². The Bertz CT molecular complexity index is 2440. The van der Waals surface area contributed by atoms with Crippen molar-refractivity contribution in [1.29, 1.82) is 5.26 Å². The quantitative estimate of drug-likeness (QED) is 0.188. The number of aromatic nitrogens is 3. The van der Waals surface area contributed by atoms with Gasteiger partial charge in [-0.15, -0.1) is 0 Å². The first-order valence-corrected chi connectivity index (χ1v) is 17.4. The smallest absolute Gasteiger partial charge is 0.164 e. The molecule has 10 rings (SSSR count). The topological polar surface area (TPSA) is 75.6 Å². The fourth-order valence-electron chi connectivity index (χ4n) is 9.84. The molecule has 0 saturated heterocycles. The van der Waals surface area contributed by atoms with E-state index in [4.69, 9.17) is 19.4 Å². The number of benzene rings is 5. The van der Waals surface area contributed by atoms with Crippen LogP contribution in [0.25, 0.3) is 67.2 Å². The monoisotopic (exact) mass is 634 g/mol. The summed E-state index contributed by atoms with van der Waals surface area (Å²) in [5.74, 6) is 3.50. The van der Waals surface area contributed by atoms with Crippen molar-refractivity contribution in [2.75, 3.05) is 0 Å². The molecule has 0 amide bonds. The molecule has 5 nitrogen and oxygen atoms in total. The molecule has 5 heteroatoms. The van der Waals surface area contributed by atoms with Crippen LogP contribution in [0.2, 0.25) is 0 Å². The van der Waals surface area contributed by atoms with Crippen LogP contribution >= 0.6 is 0 Å². The average molecular weight is 635 g/mol. The standard InChI is InChI=1S/C44H34N4O/c1-43-26-44(23-33(43)19-20-34(43)24-44)32-17-15-28(16-18-32)31-21-36(39-35-9-5-6-10-37(35)49-38(39)22-31)42-47-40(29-7-3-2-4-8-29)46-41(48-42)30-13-11-27(25-45)12-14-30/h2-18,21-22,33-34H,19-20,23-24,26H2,1H3/t33-,34+,43-,44?. The maximum Gasteiger partial charge on any atom is 0.164 e. The lowest BCUT2D eigenvalue weighted by Gasteiger charge is -2.33. The first-order chi connectivity index (χ1) is 24.0. The SMILES string of the molecule is C[C@@]12CC3(c4ccc(-c5cc(-c6nc(-c7ccccc7)nc(-c7ccc(C#N)cc7)n6)c6c(c5)oc5ccccc56)cc4)C[C@H]1CC[C@H]2C3. The van der Waals surface area contributed by atoms with Gasteiger partial charge < -0.3 is 4.42 Å². The van der Waals surface area contributed by atoms with Crippen molar-refractivity contribution < 1.29 is 4.42 Å². The van der Waals surface area contributed by atoms with Gasteiger partial charge in [0.2, 0.25) is 0 Å². The fraction of sp³-hybridized carbons (Fsp3) is 0.227. The molecule has 0 radical (unpaired) electrons. The van der Waals surface area contributed by atoms with Crippen molar-refractivity contribution in [3.8, 4) is 51.4 Å². The Morgan fingerprint density at radius 3 is 1.98 bits per heavy atom. The van der Waals surface area contributed by atoms with Crippen LogP contribution in [0.5, 0.6) is 0 Å². The van der Waals surface area contributed by atoms with E-state index in [0.29, 0.717) is 33.9 Å². The molecular weight excluding hydrogens is 601 g/mol. The fourth-order valence-corrected chi connectivity index (χ4v) is 9.84. The molecule has 3 saturated carbocycles. The Balaban J connectivity index is 1.14. The van der Waals surface area contributed by atoms with Crippen LogP contribution < -0.4 is 0 Å². The Kier molecular flexibility index (Phi) is 6.06. The van der Waals surface area contributed by atoms with Crippen molar-refractivity contribution in [1.82, 2.24) is 15.0 Å². The molecule has 0 N–H and O–H groups in total. The third kappa shape index (κ3) is 4.33. The Morgan fingerprint density at radius 1 is 0.653 bits per heavy atom. The average Bonchev–Trinajstić information content (AvgIpc) is 3.81. The van der Waals surface area contributed by atoms with E-state index >= 15 is 0 Å². The van der Waals surface area contributed by atoms with Crippen LogP contribution in [0.3, 0.4) is 0 Å². The molecule has 0 spiro atoms. The predicted molar refractivity (Wildman–Crippen MR) is 193 cm³/mol. The van der Waals surface area contributed by atoms with Gasteiger partial charge in [0.05, 0.1) is 11.6 Å². The zero-order chi connectivity index (χ0) is 32.7. The maximum absolute atomic E-state index is 9.40. The van der Waals surface area contributed by atoms with E-state index in [1.807, 2.05) is 60.7 Å². The second-order valence-electron chi connectivity index (χ2n) is 14.8. The van der Waals surface area contributed by atoms with Crippen molar-refractivity contribution in [3.63, 3.8) is 0 Å². The number of hydrogen-bond donors (Lipinski definition) is 0. The van der Waals surface area contributed by atoms with E-state index in [0.717, 1.165) is 61.6 Å². The van der Waals surface area contributed by atoms with Gasteiger partial charge in [0.15, 0.2) is 17.5 Å². The van der Waals surface area contributed by atoms with Gasteiger partial charge in [0.1, 0.15) is 11.2 Å². The van der Waals surface area contributed by atoms with Crippen LogP contribution in [0, 0.1) is 28.6 Å². The Morgan fingerprint density at radius 2 is 1.29 bits per heavy atom. The van der Waals surface area contributed by atoms with E-state index in [-0.39, 0.29) is 0 Å². The third-order valence-corrected chi connectivity index (χ3v) is 12.2. The lowest BCUT2D eigenvalue weighted by Crippen LogP contribution is -2.26. The molecule has 236 valence electrons. The van der Waals surface area contributed by atoms with Crippen molar-refractivity contribution in [2.45, 2.75) is 44.4 Å². The van der Waals surface area contributed by atoms with Crippen LogP contribution in [0.1, 0.15) is 50.2 Å². The largest absolute Gasteiger partial charge is 0.456 e. The number of para-hydroxylation sites is 1. The predicted octanol–water partition coefficient (Wildman–Crippen LogP) is 10.8. The van der Waals surface area contributed by atoms with Gasteiger partial charge >= 0.3 is 0 Å². The molecule has 0 aliphatic heterocycles. The summed E-state index contributed by atoms with van der Waals surface area (Å²) in [7, 11) is 0. The van der Waals surface area contributed by atoms with Crippen LogP contribution in [-0.4, -0.2) is 15.0 Å². The second kappa shape index (κ2) is 10.4. The first-order valence-electron chi connectivity index (χ1n) is 17.4. The molecular formula is C44H34N4O. The van der Waals surface area contributed by atoms with Crippen LogP contribution in [-0.2, 0) is 5.41 Å². The molecule has 1 unspecified atom stereocenters. The van der Waals surface area contributed by atoms with Crippen molar-refractivity contribution in [3.05, 3.63) is 126 Å². The summed E-state index contributed by atoms with van der Waals surface area (Å²) in [5.41, 5.74) is 9.45. The summed E-state index contributed by atoms with van der Waals surface area (Å²) in [5, 5.41) is 11.4. The number of fused-ring (bicyclic) bond motifs is 4. The zero-order valence-corrected chi connectivity index (χ0v) is 27.4. The molecule has 7 aromatic rings. The summed E-state index contributed by atoms with van der Waals surface area (Å²) in [6.45, 7) is 2.57. The number of furan rings is 1. The van der Waals surface area contributed by atoms with Gasteiger partial charge in [-0.3, -0.25) is 0 Å². The normalized spacial score (nSPS) is 23.8. The molecule has 4 atom stereocenters. The van der Waals surface area contributed by atoms with E-state index in [2.05, 4.69) is 55.5 Å². The number of hydrogen-bond acceptors (Lipinski definition) is 5. The highest BCUT2D eigenvalue weighted by molar-refractivity contribution is 6.13. The zero-order valence-electron chi connectivity index (χ0n) is 27.4. The molecule has 3 aliphatic rings. The summed E-state index contributed by atoms with van der Waals surface area (Å²) in [6.07, 6.45) is 6.86.